The number of fused-ring (bicyclic) bond motifs is 1. The van der Waals surface area contributed by atoms with Crippen molar-refractivity contribution < 1.29 is 9.53 Å². The molecule has 0 fully saturated rings. The summed E-state index contributed by atoms with van der Waals surface area (Å²) in [5, 5.41) is 1.86. The van der Waals surface area contributed by atoms with Crippen molar-refractivity contribution in [3.8, 4) is 5.75 Å². The zero-order valence-electron chi connectivity index (χ0n) is 10.5. The average Bonchev–Trinajstić information content (AvgIpc) is 2.38. The molecule has 0 heterocycles. The molecule has 4 heteroatoms. The minimum atomic E-state index is -0.0732. The number of nitrogens with zero attached hydrogens (tertiary/aromatic N) is 1. The minimum absolute atomic E-state index is 0.0287. The zero-order valence-corrected chi connectivity index (χ0v) is 10.5. The molecule has 0 spiro atoms. The summed E-state index contributed by atoms with van der Waals surface area (Å²) in [6.07, 6.45) is 0. The van der Waals surface area contributed by atoms with E-state index in [-0.39, 0.29) is 12.5 Å². The van der Waals surface area contributed by atoms with Crippen molar-refractivity contribution in [2.45, 2.75) is 0 Å². The van der Waals surface area contributed by atoms with E-state index in [2.05, 4.69) is 0 Å². The highest BCUT2D eigenvalue weighted by Gasteiger charge is 2.08. The molecule has 0 aliphatic carbocycles. The van der Waals surface area contributed by atoms with Crippen LogP contribution in [0.2, 0.25) is 0 Å². The molecule has 0 bridgehead atoms. The van der Waals surface area contributed by atoms with Crippen LogP contribution in [-0.2, 0) is 4.79 Å². The predicted molar refractivity (Wildman–Crippen MR) is 72.5 cm³/mol. The number of hydrogen-bond donors (Lipinski definition) is 1. The zero-order chi connectivity index (χ0) is 13.1. The molecular formula is C14H16N2O2. The molecule has 0 saturated heterocycles. The Morgan fingerprint density at radius 2 is 1.83 bits per heavy atom. The summed E-state index contributed by atoms with van der Waals surface area (Å²) >= 11 is 0. The lowest BCUT2D eigenvalue weighted by atomic mass is 10.1. The Hall–Kier alpha value is -2.23. The molecule has 2 aromatic carbocycles. The number of nitrogens with two attached hydrogens (primary N) is 1. The molecule has 0 saturated carbocycles. The third kappa shape index (κ3) is 2.37. The quantitative estimate of drug-likeness (QED) is 0.839. The van der Waals surface area contributed by atoms with E-state index in [0.29, 0.717) is 11.4 Å². The fourth-order valence-electron chi connectivity index (χ4n) is 1.69. The molecule has 0 aromatic heterocycles. The van der Waals surface area contributed by atoms with Gasteiger partial charge in [0.1, 0.15) is 5.75 Å². The molecule has 2 aromatic rings. The standard InChI is InChI=1S/C14H16N2O2/c1-16(2)14(17)9-18-13-8-7-12(15)10-5-3-4-6-11(10)13/h3-8H,9,15H2,1-2H3. The van der Waals surface area contributed by atoms with Crippen molar-refractivity contribution in [1.82, 2.24) is 4.90 Å². The number of carbonyl (C=O) groups is 1. The number of carbonyl (C=O) groups excluding carboxylic acids is 1. The van der Waals surface area contributed by atoms with E-state index in [1.54, 1.807) is 26.2 Å². The number of likely N-dealkylation sites (N-methyl/N-ethyl adjacent to an activating group) is 1. The van der Waals surface area contributed by atoms with Gasteiger partial charge in [-0.05, 0) is 12.1 Å². The summed E-state index contributed by atoms with van der Waals surface area (Å²) < 4.78 is 5.55. The van der Waals surface area contributed by atoms with E-state index < -0.39 is 0 Å². The fourth-order valence-corrected chi connectivity index (χ4v) is 1.69. The summed E-state index contributed by atoms with van der Waals surface area (Å²) in [4.78, 5) is 13.0. The van der Waals surface area contributed by atoms with Crippen molar-refractivity contribution in [1.29, 1.82) is 0 Å². The van der Waals surface area contributed by atoms with Gasteiger partial charge in [-0.3, -0.25) is 4.79 Å². The van der Waals surface area contributed by atoms with Gasteiger partial charge in [-0.1, -0.05) is 24.3 Å². The summed E-state index contributed by atoms with van der Waals surface area (Å²) in [6.45, 7) is 0.0287. The molecule has 2 rings (SSSR count). The monoisotopic (exact) mass is 244 g/mol. The lowest BCUT2D eigenvalue weighted by Crippen LogP contribution is -2.27. The van der Waals surface area contributed by atoms with Crippen molar-refractivity contribution >= 4 is 22.4 Å². The highest BCUT2D eigenvalue weighted by Crippen LogP contribution is 2.29. The van der Waals surface area contributed by atoms with Crippen LogP contribution < -0.4 is 10.5 Å². The molecule has 94 valence electrons. The Morgan fingerprint density at radius 3 is 2.50 bits per heavy atom. The summed E-state index contributed by atoms with van der Waals surface area (Å²) in [5.41, 5.74) is 6.60. The number of ether oxygens (including phenoxy) is 1. The van der Waals surface area contributed by atoms with Crippen LogP contribution in [0.25, 0.3) is 10.8 Å². The van der Waals surface area contributed by atoms with Crippen molar-refractivity contribution in [3.63, 3.8) is 0 Å². The predicted octanol–water partition coefficient (Wildman–Crippen LogP) is 1.89. The van der Waals surface area contributed by atoms with E-state index in [1.807, 2.05) is 24.3 Å². The van der Waals surface area contributed by atoms with Crippen LogP contribution in [0.3, 0.4) is 0 Å². The van der Waals surface area contributed by atoms with Crippen molar-refractivity contribution in [3.05, 3.63) is 36.4 Å². The highest BCUT2D eigenvalue weighted by molar-refractivity contribution is 5.97. The SMILES string of the molecule is CN(C)C(=O)COc1ccc(N)c2ccccc12. The van der Waals surface area contributed by atoms with Crippen LogP contribution in [0.5, 0.6) is 5.75 Å². The number of nitrogen functional groups attached to an aromatic ring is 1. The molecule has 0 unspecified atom stereocenters. The van der Waals surface area contributed by atoms with Gasteiger partial charge in [0.05, 0.1) is 0 Å². The van der Waals surface area contributed by atoms with Gasteiger partial charge in [0, 0.05) is 30.6 Å². The Bertz CT molecular complexity index is 579. The third-order valence-corrected chi connectivity index (χ3v) is 2.77. The summed E-state index contributed by atoms with van der Waals surface area (Å²) in [6, 6.07) is 11.3. The maximum absolute atomic E-state index is 11.5. The minimum Gasteiger partial charge on any atom is -0.483 e. The molecule has 1 amide bonds. The van der Waals surface area contributed by atoms with Crippen LogP contribution in [0.1, 0.15) is 0 Å². The maximum atomic E-state index is 11.5. The average molecular weight is 244 g/mol. The normalized spacial score (nSPS) is 10.3. The smallest absolute Gasteiger partial charge is 0.259 e. The second-order valence-corrected chi connectivity index (χ2v) is 4.28. The van der Waals surface area contributed by atoms with E-state index in [1.165, 1.54) is 4.90 Å². The number of amides is 1. The largest absolute Gasteiger partial charge is 0.483 e. The third-order valence-electron chi connectivity index (χ3n) is 2.77. The lowest BCUT2D eigenvalue weighted by molar-refractivity contribution is -0.130. The van der Waals surface area contributed by atoms with Gasteiger partial charge >= 0.3 is 0 Å². The first-order valence-corrected chi connectivity index (χ1v) is 5.70. The van der Waals surface area contributed by atoms with E-state index in [9.17, 15) is 4.79 Å². The van der Waals surface area contributed by atoms with Crippen LogP contribution in [0.15, 0.2) is 36.4 Å². The second-order valence-electron chi connectivity index (χ2n) is 4.28. The highest BCUT2D eigenvalue weighted by atomic mass is 16.5. The molecule has 0 atom stereocenters. The van der Waals surface area contributed by atoms with Crippen LogP contribution in [-0.4, -0.2) is 31.5 Å². The Balaban J connectivity index is 2.29. The fraction of sp³-hybridized carbons (Fsp3) is 0.214. The van der Waals surface area contributed by atoms with Crippen molar-refractivity contribution in [2.24, 2.45) is 0 Å². The first-order valence-electron chi connectivity index (χ1n) is 5.70. The number of benzene rings is 2. The Labute approximate surface area is 106 Å². The van der Waals surface area contributed by atoms with Gasteiger partial charge in [0.15, 0.2) is 6.61 Å². The van der Waals surface area contributed by atoms with Crippen LogP contribution in [0, 0.1) is 0 Å². The van der Waals surface area contributed by atoms with E-state index in [4.69, 9.17) is 10.5 Å². The first kappa shape index (κ1) is 12.2. The van der Waals surface area contributed by atoms with Crippen LogP contribution >= 0.6 is 0 Å². The molecule has 2 N–H and O–H groups in total. The Kier molecular flexibility index (Phi) is 3.37. The van der Waals surface area contributed by atoms with Gasteiger partial charge in [-0.2, -0.15) is 0 Å². The first-order chi connectivity index (χ1) is 8.59. The summed E-state index contributed by atoms with van der Waals surface area (Å²) in [7, 11) is 3.40. The number of rotatable bonds is 3. The topological polar surface area (TPSA) is 55.6 Å². The molecular weight excluding hydrogens is 228 g/mol. The number of hydrogen-bond acceptors (Lipinski definition) is 3. The van der Waals surface area contributed by atoms with Gasteiger partial charge in [0.25, 0.3) is 5.91 Å². The maximum Gasteiger partial charge on any atom is 0.259 e. The van der Waals surface area contributed by atoms with Crippen molar-refractivity contribution in [2.75, 3.05) is 26.4 Å². The summed E-state index contributed by atoms with van der Waals surface area (Å²) in [5.74, 6) is 0.603. The molecule has 0 radical (unpaired) electrons. The molecule has 18 heavy (non-hydrogen) atoms. The van der Waals surface area contributed by atoms with Gasteiger partial charge in [-0.15, -0.1) is 0 Å². The molecule has 0 aliphatic heterocycles. The van der Waals surface area contributed by atoms with Gasteiger partial charge < -0.3 is 15.4 Å². The molecule has 4 nitrogen and oxygen atoms in total. The molecule has 0 aliphatic rings. The van der Waals surface area contributed by atoms with Crippen LogP contribution in [0.4, 0.5) is 5.69 Å². The van der Waals surface area contributed by atoms with Gasteiger partial charge in [0.2, 0.25) is 0 Å². The Morgan fingerprint density at radius 1 is 1.17 bits per heavy atom. The van der Waals surface area contributed by atoms with Gasteiger partial charge in [-0.25, -0.2) is 0 Å². The second kappa shape index (κ2) is 4.96. The number of anilines is 1. The van der Waals surface area contributed by atoms with E-state index >= 15 is 0 Å². The van der Waals surface area contributed by atoms with E-state index in [0.717, 1.165) is 10.8 Å². The lowest BCUT2D eigenvalue weighted by Gasteiger charge is -2.13.